The Kier molecular flexibility index (Phi) is 4.33. The predicted molar refractivity (Wildman–Crippen MR) is 61.5 cm³/mol. The zero-order valence-corrected chi connectivity index (χ0v) is 9.48. The maximum atomic E-state index is 5.58. The summed E-state index contributed by atoms with van der Waals surface area (Å²) in [5.74, 6) is 6.43. The van der Waals surface area contributed by atoms with E-state index in [1.54, 1.807) is 6.20 Å². The Morgan fingerprint density at radius 1 is 1.69 bits per heavy atom. The lowest BCUT2D eigenvalue weighted by Crippen LogP contribution is -2.29. The van der Waals surface area contributed by atoms with E-state index in [0.717, 1.165) is 31.7 Å². The maximum Gasteiger partial charge on any atom is 0.124 e. The zero-order chi connectivity index (χ0) is 11.2. The first-order valence-corrected chi connectivity index (χ1v) is 5.97. The van der Waals surface area contributed by atoms with Crippen molar-refractivity contribution >= 4 is 0 Å². The Morgan fingerprint density at radius 3 is 3.25 bits per heavy atom. The third-order valence-corrected chi connectivity index (χ3v) is 3.09. The van der Waals surface area contributed by atoms with Gasteiger partial charge in [-0.25, -0.2) is 10.4 Å². The van der Waals surface area contributed by atoms with Crippen LogP contribution in [0.2, 0.25) is 0 Å². The summed E-state index contributed by atoms with van der Waals surface area (Å²) < 4.78 is 5.58. The summed E-state index contributed by atoms with van der Waals surface area (Å²) in [5.41, 5.74) is 2.80. The second kappa shape index (κ2) is 5.98. The molecule has 90 valence electrons. The monoisotopic (exact) mass is 224 g/mol. The van der Waals surface area contributed by atoms with Crippen LogP contribution in [0.15, 0.2) is 12.4 Å². The zero-order valence-electron chi connectivity index (χ0n) is 9.48. The first-order chi connectivity index (χ1) is 7.90. The van der Waals surface area contributed by atoms with Gasteiger partial charge < -0.3 is 9.72 Å². The number of nitrogens with one attached hydrogen (secondary N) is 2. The summed E-state index contributed by atoms with van der Waals surface area (Å²) in [4.78, 5) is 7.29. The fraction of sp³-hybridized carbons (Fsp3) is 0.727. The van der Waals surface area contributed by atoms with Gasteiger partial charge in [0, 0.05) is 19.0 Å². The molecule has 2 atom stereocenters. The SMILES string of the molecule is NNC(CCCC1CCCO1)c1ncc[nH]1. The molecule has 0 saturated carbocycles. The topological polar surface area (TPSA) is 76.0 Å². The molecule has 0 aliphatic carbocycles. The lowest BCUT2D eigenvalue weighted by molar-refractivity contribution is 0.101. The van der Waals surface area contributed by atoms with Crippen LogP contribution in [0, 0.1) is 0 Å². The molecule has 1 aliphatic rings. The molecule has 0 bridgehead atoms. The van der Waals surface area contributed by atoms with Gasteiger partial charge in [-0.05, 0) is 32.1 Å². The van der Waals surface area contributed by atoms with Crippen LogP contribution in [0.25, 0.3) is 0 Å². The molecule has 0 aromatic carbocycles. The lowest BCUT2D eigenvalue weighted by Gasteiger charge is -2.14. The number of ether oxygens (including phenoxy) is 1. The molecule has 1 aliphatic heterocycles. The van der Waals surface area contributed by atoms with Gasteiger partial charge in [0.25, 0.3) is 0 Å². The standard InChI is InChI=1S/C11H20N4O/c12-15-10(11-13-6-7-14-11)5-1-3-9-4-2-8-16-9/h6-7,9-10,15H,1-5,8,12H2,(H,13,14). The van der Waals surface area contributed by atoms with Crippen LogP contribution in [0.3, 0.4) is 0 Å². The number of aromatic nitrogens is 2. The highest BCUT2D eigenvalue weighted by atomic mass is 16.5. The average molecular weight is 224 g/mol. The highest BCUT2D eigenvalue weighted by Gasteiger charge is 2.17. The molecule has 2 unspecified atom stereocenters. The van der Waals surface area contributed by atoms with Crippen LogP contribution in [-0.2, 0) is 4.74 Å². The van der Waals surface area contributed by atoms with Gasteiger partial charge in [-0.1, -0.05) is 0 Å². The van der Waals surface area contributed by atoms with E-state index in [4.69, 9.17) is 10.6 Å². The van der Waals surface area contributed by atoms with Crippen LogP contribution in [0.4, 0.5) is 0 Å². The van der Waals surface area contributed by atoms with E-state index in [2.05, 4.69) is 15.4 Å². The van der Waals surface area contributed by atoms with Gasteiger partial charge in [0.15, 0.2) is 0 Å². The van der Waals surface area contributed by atoms with Crippen molar-refractivity contribution in [2.75, 3.05) is 6.61 Å². The molecule has 1 saturated heterocycles. The first-order valence-electron chi connectivity index (χ1n) is 5.97. The second-order valence-corrected chi connectivity index (χ2v) is 4.26. The van der Waals surface area contributed by atoms with Crippen molar-refractivity contribution < 1.29 is 4.74 Å². The normalized spacial score (nSPS) is 22.4. The quantitative estimate of drug-likeness (QED) is 0.502. The minimum atomic E-state index is 0.122. The molecule has 2 rings (SSSR count). The number of hydrazine groups is 1. The molecule has 1 aromatic rings. The summed E-state index contributed by atoms with van der Waals surface area (Å²) >= 11 is 0. The van der Waals surface area contributed by atoms with E-state index in [1.165, 1.54) is 12.8 Å². The van der Waals surface area contributed by atoms with E-state index in [1.807, 2.05) is 6.20 Å². The summed E-state index contributed by atoms with van der Waals surface area (Å²) in [5, 5.41) is 0. The first kappa shape index (κ1) is 11.6. The van der Waals surface area contributed by atoms with E-state index < -0.39 is 0 Å². The lowest BCUT2D eigenvalue weighted by atomic mass is 10.1. The van der Waals surface area contributed by atoms with Gasteiger partial charge in [-0.2, -0.15) is 0 Å². The fourth-order valence-corrected chi connectivity index (χ4v) is 2.19. The Bertz CT molecular complexity index is 282. The van der Waals surface area contributed by atoms with Crippen LogP contribution >= 0.6 is 0 Å². The van der Waals surface area contributed by atoms with Crippen molar-refractivity contribution in [3.8, 4) is 0 Å². The summed E-state index contributed by atoms with van der Waals surface area (Å²) in [6, 6.07) is 0.122. The van der Waals surface area contributed by atoms with Crippen LogP contribution in [-0.4, -0.2) is 22.7 Å². The summed E-state index contributed by atoms with van der Waals surface area (Å²) in [6.45, 7) is 0.932. The number of H-pyrrole nitrogens is 1. The van der Waals surface area contributed by atoms with Crippen LogP contribution < -0.4 is 11.3 Å². The summed E-state index contributed by atoms with van der Waals surface area (Å²) in [6.07, 6.45) is 9.68. The molecule has 0 spiro atoms. The molecule has 4 N–H and O–H groups in total. The van der Waals surface area contributed by atoms with Gasteiger partial charge in [0.1, 0.15) is 5.82 Å². The van der Waals surface area contributed by atoms with E-state index in [-0.39, 0.29) is 6.04 Å². The second-order valence-electron chi connectivity index (χ2n) is 4.26. The molecule has 1 aromatic heterocycles. The Hall–Kier alpha value is -0.910. The average Bonchev–Trinajstić information content (AvgIpc) is 2.96. The van der Waals surface area contributed by atoms with Crippen molar-refractivity contribution in [3.05, 3.63) is 18.2 Å². The van der Waals surface area contributed by atoms with E-state index in [0.29, 0.717) is 6.10 Å². The Balaban J connectivity index is 1.71. The third-order valence-electron chi connectivity index (χ3n) is 3.09. The molecule has 1 fully saturated rings. The van der Waals surface area contributed by atoms with Gasteiger partial charge in [-0.15, -0.1) is 0 Å². The molecular weight excluding hydrogens is 204 g/mol. The van der Waals surface area contributed by atoms with Gasteiger partial charge >= 0.3 is 0 Å². The molecular formula is C11H20N4O. The highest BCUT2D eigenvalue weighted by molar-refractivity contribution is 4.94. The molecule has 0 amide bonds. The fourth-order valence-electron chi connectivity index (χ4n) is 2.19. The Labute approximate surface area is 95.7 Å². The van der Waals surface area contributed by atoms with Crippen molar-refractivity contribution in [1.82, 2.24) is 15.4 Å². The third kappa shape index (κ3) is 3.04. The smallest absolute Gasteiger partial charge is 0.124 e. The molecule has 16 heavy (non-hydrogen) atoms. The molecule has 2 heterocycles. The van der Waals surface area contributed by atoms with Crippen LogP contribution in [0.5, 0.6) is 0 Å². The van der Waals surface area contributed by atoms with Gasteiger partial charge in [0.2, 0.25) is 0 Å². The highest BCUT2D eigenvalue weighted by Crippen LogP contribution is 2.21. The largest absolute Gasteiger partial charge is 0.378 e. The minimum Gasteiger partial charge on any atom is -0.378 e. The van der Waals surface area contributed by atoms with Gasteiger partial charge in [-0.3, -0.25) is 5.84 Å². The number of aromatic amines is 1. The molecule has 5 heteroatoms. The van der Waals surface area contributed by atoms with Crippen LogP contribution in [0.1, 0.15) is 44.0 Å². The maximum absolute atomic E-state index is 5.58. The number of nitrogens with zero attached hydrogens (tertiary/aromatic N) is 1. The predicted octanol–water partition coefficient (Wildman–Crippen LogP) is 1.26. The van der Waals surface area contributed by atoms with Crippen molar-refractivity contribution in [2.24, 2.45) is 5.84 Å². The summed E-state index contributed by atoms with van der Waals surface area (Å²) in [7, 11) is 0. The number of hydrogen-bond donors (Lipinski definition) is 3. The molecule has 0 radical (unpaired) electrons. The van der Waals surface area contributed by atoms with Crippen molar-refractivity contribution in [2.45, 2.75) is 44.2 Å². The van der Waals surface area contributed by atoms with Crippen molar-refractivity contribution in [1.29, 1.82) is 0 Å². The number of rotatable bonds is 6. The van der Waals surface area contributed by atoms with Gasteiger partial charge in [0.05, 0.1) is 12.1 Å². The number of nitrogens with two attached hydrogens (primary N) is 1. The van der Waals surface area contributed by atoms with Crippen molar-refractivity contribution in [3.63, 3.8) is 0 Å². The van der Waals surface area contributed by atoms with E-state index in [9.17, 15) is 0 Å². The minimum absolute atomic E-state index is 0.122. The van der Waals surface area contributed by atoms with E-state index >= 15 is 0 Å². The molecule has 5 nitrogen and oxygen atoms in total. The number of hydrogen-bond acceptors (Lipinski definition) is 4. The number of imidazole rings is 1. The Morgan fingerprint density at radius 2 is 2.62 bits per heavy atom.